The Morgan fingerprint density at radius 2 is 2.15 bits per heavy atom. The Morgan fingerprint density at radius 1 is 1.35 bits per heavy atom. The summed E-state index contributed by atoms with van der Waals surface area (Å²) in [6.45, 7) is 8.97. The molecule has 3 heteroatoms. The molecule has 1 aliphatic heterocycles. The van der Waals surface area contributed by atoms with Crippen LogP contribution in [0.4, 0.5) is 0 Å². The van der Waals surface area contributed by atoms with Gasteiger partial charge in [0.1, 0.15) is 5.75 Å². The van der Waals surface area contributed by atoms with Gasteiger partial charge in [0.25, 0.3) is 0 Å². The van der Waals surface area contributed by atoms with Gasteiger partial charge >= 0.3 is 0 Å². The first-order valence-electron chi connectivity index (χ1n) is 7.80. The van der Waals surface area contributed by atoms with E-state index in [-0.39, 0.29) is 11.6 Å². The average molecular weight is 277 g/mol. The minimum atomic E-state index is -0.137. The van der Waals surface area contributed by atoms with E-state index in [2.05, 4.69) is 37.4 Å². The number of benzene rings is 1. The van der Waals surface area contributed by atoms with Gasteiger partial charge in [-0.15, -0.1) is 0 Å². The number of nitrogens with one attached hydrogen (secondary N) is 1. The molecule has 1 aromatic rings. The average Bonchev–Trinajstić information content (AvgIpc) is 2.89. The molecule has 2 rings (SSSR count). The Morgan fingerprint density at radius 3 is 2.80 bits per heavy atom. The van der Waals surface area contributed by atoms with Gasteiger partial charge in [-0.1, -0.05) is 25.1 Å². The van der Waals surface area contributed by atoms with Crippen LogP contribution in [0.3, 0.4) is 0 Å². The predicted octanol–water partition coefficient (Wildman–Crippen LogP) is 3.70. The molecule has 112 valence electrons. The van der Waals surface area contributed by atoms with Gasteiger partial charge in [-0.3, -0.25) is 0 Å². The van der Waals surface area contributed by atoms with Crippen LogP contribution < -0.4 is 10.1 Å². The third kappa shape index (κ3) is 3.33. The lowest BCUT2D eigenvalue weighted by Gasteiger charge is -2.35. The maximum atomic E-state index is 6.07. The van der Waals surface area contributed by atoms with Gasteiger partial charge in [0.05, 0.1) is 18.2 Å². The molecule has 0 saturated carbocycles. The molecule has 2 unspecified atom stereocenters. The third-order valence-electron chi connectivity index (χ3n) is 3.99. The second kappa shape index (κ2) is 7.09. The van der Waals surface area contributed by atoms with Gasteiger partial charge in [-0.2, -0.15) is 0 Å². The maximum Gasteiger partial charge on any atom is 0.124 e. The largest absolute Gasteiger partial charge is 0.494 e. The van der Waals surface area contributed by atoms with Crippen LogP contribution in [0.2, 0.25) is 0 Å². The van der Waals surface area contributed by atoms with Crippen molar-refractivity contribution in [2.24, 2.45) is 0 Å². The first-order valence-corrected chi connectivity index (χ1v) is 7.80. The maximum absolute atomic E-state index is 6.07. The van der Waals surface area contributed by atoms with Crippen LogP contribution in [0.25, 0.3) is 0 Å². The molecule has 20 heavy (non-hydrogen) atoms. The lowest BCUT2D eigenvalue weighted by Crippen LogP contribution is -2.41. The highest BCUT2D eigenvalue weighted by Crippen LogP contribution is 2.40. The highest BCUT2D eigenvalue weighted by Gasteiger charge is 2.40. The van der Waals surface area contributed by atoms with Crippen molar-refractivity contribution in [2.45, 2.75) is 51.7 Å². The highest BCUT2D eigenvalue weighted by molar-refractivity contribution is 5.37. The van der Waals surface area contributed by atoms with Crippen molar-refractivity contribution in [3.63, 3.8) is 0 Å². The molecular weight excluding hydrogens is 250 g/mol. The van der Waals surface area contributed by atoms with Crippen LogP contribution in [-0.4, -0.2) is 25.4 Å². The summed E-state index contributed by atoms with van der Waals surface area (Å²) in [6, 6.07) is 8.51. The smallest absolute Gasteiger partial charge is 0.124 e. The minimum absolute atomic E-state index is 0.137. The summed E-state index contributed by atoms with van der Waals surface area (Å²) in [4.78, 5) is 0. The van der Waals surface area contributed by atoms with E-state index in [1.165, 1.54) is 5.56 Å². The van der Waals surface area contributed by atoms with Crippen LogP contribution >= 0.6 is 0 Å². The minimum Gasteiger partial charge on any atom is -0.494 e. The van der Waals surface area contributed by atoms with Crippen molar-refractivity contribution >= 4 is 0 Å². The second-order valence-corrected chi connectivity index (χ2v) is 5.62. The monoisotopic (exact) mass is 277 g/mol. The number of hydrogen-bond acceptors (Lipinski definition) is 3. The van der Waals surface area contributed by atoms with Crippen LogP contribution in [0, 0.1) is 0 Å². The van der Waals surface area contributed by atoms with Crippen LogP contribution in [0.15, 0.2) is 24.3 Å². The van der Waals surface area contributed by atoms with Gasteiger partial charge in [0.2, 0.25) is 0 Å². The molecule has 1 aliphatic rings. The zero-order valence-electron chi connectivity index (χ0n) is 12.9. The first-order chi connectivity index (χ1) is 9.71. The molecule has 0 aliphatic carbocycles. The standard InChI is InChI=1S/C17H27NO2/c1-4-12-18-16(17(3)11-8-13-20-17)14-9-6-7-10-15(14)19-5-2/h6-7,9-10,16,18H,4-5,8,11-13H2,1-3H3. The van der Waals surface area contributed by atoms with Crippen molar-refractivity contribution in [1.29, 1.82) is 0 Å². The van der Waals surface area contributed by atoms with E-state index in [1.807, 2.05) is 13.0 Å². The van der Waals surface area contributed by atoms with Crippen molar-refractivity contribution in [1.82, 2.24) is 5.32 Å². The summed E-state index contributed by atoms with van der Waals surface area (Å²) in [5, 5.41) is 3.66. The zero-order valence-corrected chi connectivity index (χ0v) is 12.9. The molecular formula is C17H27NO2. The molecule has 0 radical (unpaired) electrons. The molecule has 3 nitrogen and oxygen atoms in total. The number of hydrogen-bond donors (Lipinski definition) is 1. The van der Waals surface area contributed by atoms with E-state index in [0.29, 0.717) is 6.61 Å². The van der Waals surface area contributed by atoms with Crippen molar-refractivity contribution in [3.05, 3.63) is 29.8 Å². The van der Waals surface area contributed by atoms with E-state index < -0.39 is 0 Å². The summed E-state index contributed by atoms with van der Waals surface area (Å²) in [6.07, 6.45) is 3.34. The van der Waals surface area contributed by atoms with E-state index in [1.54, 1.807) is 0 Å². The molecule has 0 spiro atoms. The normalized spacial score (nSPS) is 23.8. The van der Waals surface area contributed by atoms with Crippen molar-refractivity contribution in [2.75, 3.05) is 19.8 Å². The molecule has 1 heterocycles. The fraction of sp³-hybridized carbons (Fsp3) is 0.647. The molecule has 1 fully saturated rings. The van der Waals surface area contributed by atoms with Gasteiger partial charge < -0.3 is 14.8 Å². The topological polar surface area (TPSA) is 30.5 Å². The van der Waals surface area contributed by atoms with Crippen molar-refractivity contribution < 1.29 is 9.47 Å². The molecule has 1 N–H and O–H groups in total. The van der Waals surface area contributed by atoms with E-state index in [4.69, 9.17) is 9.47 Å². The lowest BCUT2D eigenvalue weighted by atomic mass is 9.87. The van der Waals surface area contributed by atoms with Gasteiger partial charge in [0, 0.05) is 12.2 Å². The number of rotatable bonds is 7. The molecule has 2 atom stereocenters. The van der Waals surface area contributed by atoms with E-state index in [9.17, 15) is 0 Å². The molecule has 0 bridgehead atoms. The Balaban J connectivity index is 2.30. The second-order valence-electron chi connectivity index (χ2n) is 5.62. The number of ether oxygens (including phenoxy) is 2. The quantitative estimate of drug-likeness (QED) is 0.824. The summed E-state index contributed by atoms with van der Waals surface area (Å²) in [5.41, 5.74) is 1.08. The number of para-hydroxylation sites is 1. The van der Waals surface area contributed by atoms with Crippen molar-refractivity contribution in [3.8, 4) is 5.75 Å². The fourth-order valence-corrected chi connectivity index (χ4v) is 2.98. The summed E-state index contributed by atoms with van der Waals surface area (Å²) in [5.74, 6) is 0.973. The summed E-state index contributed by atoms with van der Waals surface area (Å²) < 4.78 is 11.9. The summed E-state index contributed by atoms with van der Waals surface area (Å²) in [7, 11) is 0. The Hall–Kier alpha value is -1.06. The van der Waals surface area contributed by atoms with Gasteiger partial charge in [-0.05, 0) is 45.7 Å². The van der Waals surface area contributed by atoms with Gasteiger partial charge in [0.15, 0.2) is 0 Å². The Kier molecular flexibility index (Phi) is 5.44. The molecule has 1 aromatic carbocycles. The zero-order chi connectivity index (χ0) is 14.4. The molecule has 0 amide bonds. The Labute approximate surface area is 122 Å². The Bertz CT molecular complexity index is 413. The summed E-state index contributed by atoms with van der Waals surface area (Å²) >= 11 is 0. The van der Waals surface area contributed by atoms with E-state index >= 15 is 0 Å². The van der Waals surface area contributed by atoms with Gasteiger partial charge in [-0.25, -0.2) is 0 Å². The molecule has 1 saturated heterocycles. The first kappa shape index (κ1) is 15.3. The van der Waals surface area contributed by atoms with Crippen LogP contribution in [0.5, 0.6) is 5.75 Å². The fourth-order valence-electron chi connectivity index (χ4n) is 2.98. The van der Waals surface area contributed by atoms with Crippen LogP contribution in [0.1, 0.15) is 51.6 Å². The molecule has 0 aromatic heterocycles. The van der Waals surface area contributed by atoms with Crippen LogP contribution in [-0.2, 0) is 4.74 Å². The highest BCUT2D eigenvalue weighted by atomic mass is 16.5. The lowest BCUT2D eigenvalue weighted by molar-refractivity contribution is -0.0131. The van der Waals surface area contributed by atoms with E-state index in [0.717, 1.165) is 38.2 Å². The third-order valence-corrected chi connectivity index (χ3v) is 3.99. The SMILES string of the molecule is CCCNC(c1ccccc1OCC)C1(C)CCCO1. The predicted molar refractivity (Wildman–Crippen MR) is 82.2 cm³/mol.